The van der Waals surface area contributed by atoms with Gasteiger partial charge in [0, 0.05) is 5.56 Å². The Hall–Kier alpha value is -1.19. The molecule has 0 aliphatic carbocycles. The molecule has 3 nitrogen and oxygen atoms in total. The lowest BCUT2D eigenvalue weighted by molar-refractivity contribution is 0.0526. The van der Waals surface area contributed by atoms with Crippen molar-refractivity contribution in [3.63, 3.8) is 0 Å². The fourth-order valence-electron chi connectivity index (χ4n) is 1.92. The second-order valence-electron chi connectivity index (χ2n) is 4.16. The molecule has 0 aromatic heterocycles. The van der Waals surface area contributed by atoms with Crippen molar-refractivity contribution in [1.82, 2.24) is 4.48 Å². The number of rotatable bonds is 2. The fraction of sp³-hybridized carbons (Fsp3) is 0.417. The molecule has 2 rings (SSSR count). The Balaban J connectivity index is 2.23. The summed E-state index contributed by atoms with van der Waals surface area (Å²) in [4.78, 5) is 10.5. The monoisotopic (exact) mass is 206 g/mol. The van der Waals surface area contributed by atoms with E-state index < -0.39 is 0 Å². The van der Waals surface area contributed by atoms with Gasteiger partial charge < -0.3 is 4.74 Å². The second kappa shape index (κ2) is 4.13. The zero-order valence-corrected chi connectivity index (χ0v) is 8.98. The van der Waals surface area contributed by atoms with E-state index in [9.17, 15) is 4.79 Å². The van der Waals surface area contributed by atoms with E-state index in [2.05, 4.69) is 7.05 Å². The first-order valence-corrected chi connectivity index (χ1v) is 5.23. The Kier molecular flexibility index (Phi) is 2.84. The molecule has 15 heavy (non-hydrogen) atoms. The van der Waals surface area contributed by atoms with Crippen LogP contribution in [-0.2, 0) is 4.74 Å². The zero-order valence-electron chi connectivity index (χ0n) is 8.98. The predicted molar refractivity (Wildman–Crippen MR) is 60.1 cm³/mol. The number of aldehydes is 1. The van der Waals surface area contributed by atoms with Crippen LogP contribution in [0.5, 0.6) is 0 Å². The van der Waals surface area contributed by atoms with E-state index in [4.69, 9.17) is 4.74 Å². The maximum Gasteiger partial charge on any atom is 0.150 e. The highest BCUT2D eigenvalue weighted by molar-refractivity contribution is 5.75. The highest BCUT2D eigenvalue weighted by Crippen LogP contribution is 2.22. The summed E-state index contributed by atoms with van der Waals surface area (Å²) in [6.07, 6.45) is 0.878. The van der Waals surface area contributed by atoms with Crippen molar-refractivity contribution < 1.29 is 9.53 Å². The first kappa shape index (κ1) is 10.3. The third-order valence-electron chi connectivity index (χ3n) is 3.11. The van der Waals surface area contributed by atoms with Crippen LogP contribution in [0.1, 0.15) is 10.4 Å². The number of hydrogen-bond donors (Lipinski definition) is 0. The van der Waals surface area contributed by atoms with Gasteiger partial charge in [0.25, 0.3) is 0 Å². The molecule has 1 fully saturated rings. The maximum atomic E-state index is 10.5. The average Bonchev–Trinajstić information content (AvgIpc) is 2.30. The number of ether oxygens (including phenoxy) is 1. The summed E-state index contributed by atoms with van der Waals surface area (Å²) < 4.78 is 6.26. The first-order chi connectivity index (χ1) is 7.24. The van der Waals surface area contributed by atoms with Crippen LogP contribution in [0, 0.1) is 0 Å². The van der Waals surface area contributed by atoms with E-state index in [1.54, 1.807) is 0 Å². The Morgan fingerprint density at radius 3 is 2.33 bits per heavy atom. The summed E-state index contributed by atoms with van der Waals surface area (Å²) in [7, 11) is 2.21. The summed E-state index contributed by atoms with van der Waals surface area (Å²) in [5.74, 6) is 0. The lowest BCUT2D eigenvalue weighted by atomic mass is 10.2. The van der Waals surface area contributed by atoms with Crippen LogP contribution in [0.25, 0.3) is 0 Å². The lowest BCUT2D eigenvalue weighted by Gasteiger charge is -2.37. The Morgan fingerprint density at radius 2 is 1.80 bits per heavy atom. The third-order valence-corrected chi connectivity index (χ3v) is 3.11. The van der Waals surface area contributed by atoms with Gasteiger partial charge in [0.1, 0.15) is 25.1 Å². The number of benzene rings is 1. The minimum atomic E-state index is 0.735. The summed E-state index contributed by atoms with van der Waals surface area (Å²) >= 11 is 0. The van der Waals surface area contributed by atoms with Gasteiger partial charge in [0.2, 0.25) is 0 Å². The molecule has 0 unspecified atom stereocenters. The largest absolute Gasteiger partial charge is 0.370 e. The molecule has 0 atom stereocenters. The van der Waals surface area contributed by atoms with Crippen LogP contribution in [0.3, 0.4) is 0 Å². The van der Waals surface area contributed by atoms with E-state index in [0.717, 1.165) is 42.6 Å². The second-order valence-corrected chi connectivity index (χ2v) is 4.16. The summed E-state index contributed by atoms with van der Waals surface area (Å²) in [5, 5.41) is 0. The molecule has 0 N–H and O–H groups in total. The molecular weight excluding hydrogens is 190 g/mol. The molecule has 80 valence electrons. The molecule has 3 heteroatoms. The van der Waals surface area contributed by atoms with Crippen molar-refractivity contribution in [2.75, 3.05) is 33.4 Å². The molecule has 1 heterocycles. The lowest BCUT2D eigenvalue weighted by Crippen LogP contribution is -2.53. The van der Waals surface area contributed by atoms with Crippen molar-refractivity contribution in [2.24, 2.45) is 0 Å². The number of carbonyl (C=O) groups excluding carboxylic acids is 1. The highest BCUT2D eigenvalue weighted by atomic mass is 16.5. The molecule has 1 aliphatic heterocycles. The predicted octanol–water partition coefficient (Wildman–Crippen LogP) is 1.47. The van der Waals surface area contributed by atoms with E-state index in [-0.39, 0.29) is 0 Å². The van der Waals surface area contributed by atoms with E-state index in [1.165, 1.54) is 5.69 Å². The van der Waals surface area contributed by atoms with Gasteiger partial charge in [-0.05, 0) is 24.3 Å². The van der Waals surface area contributed by atoms with Gasteiger partial charge in [-0.15, -0.1) is 0 Å². The first-order valence-electron chi connectivity index (χ1n) is 5.23. The Bertz CT molecular complexity index is 339. The zero-order chi connectivity index (χ0) is 10.7. The molecule has 1 aliphatic rings. The number of morpholine rings is 1. The van der Waals surface area contributed by atoms with Gasteiger partial charge in [0.05, 0.1) is 20.3 Å². The van der Waals surface area contributed by atoms with Crippen molar-refractivity contribution >= 4 is 12.0 Å². The molecule has 0 spiro atoms. The summed E-state index contributed by atoms with van der Waals surface area (Å²) in [5.41, 5.74) is 1.99. The maximum absolute atomic E-state index is 10.5. The quantitative estimate of drug-likeness (QED) is 0.541. The number of nitrogens with zero attached hydrogens (tertiary/aromatic N) is 1. The highest BCUT2D eigenvalue weighted by Gasteiger charge is 2.27. The third kappa shape index (κ3) is 2.08. The topological polar surface area (TPSA) is 26.3 Å². The van der Waals surface area contributed by atoms with Gasteiger partial charge in [-0.2, -0.15) is 0 Å². The molecule has 1 aromatic rings. The number of likely N-dealkylation sites (N-methyl/N-ethyl adjacent to an activating group) is 1. The molecule has 0 saturated carbocycles. The van der Waals surface area contributed by atoms with Crippen LogP contribution in [-0.4, -0.2) is 39.6 Å². The van der Waals surface area contributed by atoms with Crippen LogP contribution < -0.4 is 4.48 Å². The van der Waals surface area contributed by atoms with E-state index >= 15 is 0 Å². The molecule has 1 saturated heterocycles. The average molecular weight is 206 g/mol. The fourth-order valence-corrected chi connectivity index (χ4v) is 1.92. The van der Waals surface area contributed by atoms with E-state index in [0.29, 0.717) is 0 Å². The SMILES string of the molecule is C[N+]1(c2ccc(C=O)cc2)CCOCC1. The molecule has 0 bridgehead atoms. The summed E-state index contributed by atoms with van der Waals surface area (Å²) in [6, 6.07) is 7.83. The van der Waals surface area contributed by atoms with Crippen LogP contribution in [0.15, 0.2) is 24.3 Å². The van der Waals surface area contributed by atoms with Gasteiger partial charge in [-0.3, -0.25) is 9.28 Å². The minimum Gasteiger partial charge on any atom is -0.370 e. The molecule has 1 aromatic carbocycles. The summed E-state index contributed by atoms with van der Waals surface area (Å²) in [6.45, 7) is 3.62. The van der Waals surface area contributed by atoms with Crippen LogP contribution >= 0.6 is 0 Å². The van der Waals surface area contributed by atoms with Crippen LogP contribution in [0.2, 0.25) is 0 Å². The van der Waals surface area contributed by atoms with Gasteiger partial charge in [0.15, 0.2) is 0 Å². The standard InChI is InChI=1S/C12H16NO2/c1-13(6-8-15-9-7-13)12-4-2-11(10-14)3-5-12/h2-5,10H,6-9H2,1H3/q+1. The van der Waals surface area contributed by atoms with Crippen molar-refractivity contribution in [1.29, 1.82) is 0 Å². The van der Waals surface area contributed by atoms with E-state index in [1.807, 2.05) is 24.3 Å². The smallest absolute Gasteiger partial charge is 0.150 e. The van der Waals surface area contributed by atoms with Crippen LogP contribution in [0.4, 0.5) is 5.69 Å². The normalized spacial score (nSPS) is 19.8. The van der Waals surface area contributed by atoms with Crippen molar-refractivity contribution in [3.8, 4) is 0 Å². The number of hydrogen-bond acceptors (Lipinski definition) is 2. The minimum absolute atomic E-state index is 0.735. The van der Waals surface area contributed by atoms with Crippen molar-refractivity contribution in [3.05, 3.63) is 29.8 Å². The molecule has 0 radical (unpaired) electrons. The molecule has 0 amide bonds. The van der Waals surface area contributed by atoms with Gasteiger partial charge >= 0.3 is 0 Å². The number of quaternary nitrogens is 1. The Morgan fingerprint density at radius 1 is 1.20 bits per heavy atom. The van der Waals surface area contributed by atoms with Crippen molar-refractivity contribution in [2.45, 2.75) is 0 Å². The number of carbonyl (C=O) groups is 1. The Labute approximate surface area is 89.9 Å². The van der Waals surface area contributed by atoms with Gasteiger partial charge in [-0.25, -0.2) is 0 Å². The van der Waals surface area contributed by atoms with Gasteiger partial charge in [-0.1, -0.05) is 0 Å². The molecular formula is C12H16NO2+.